The van der Waals surface area contributed by atoms with Crippen molar-refractivity contribution in [1.82, 2.24) is 15.5 Å². The highest BCUT2D eigenvalue weighted by Crippen LogP contribution is 2.20. The van der Waals surface area contributed by atoms with Gasteiger partial charge in [0.15, 0.2) is 12.3 Å². The summed E-state index contributed by atoms with van der Waals surface area (Å²) in [6.45, 7) is 5.50. The van der Waals surface area contributed by atoms with E-state index in [9.17, 15) is 14.4 Å². The van der Waals surface area contributed by atoms with Crippen molar-refractivity contribution in [3.63, 3.8) is 0 Å². The SMILES string of the molecule is CC(C)(C)C(=O)NCc1ccc(C(=O)COC(=O)c2n[nH]c3ccccc23)s1. The molecule has 2 N–H and O–H groups in total. The highest BCUT2D eigenvalue weighted by atomic mass is 32.1. The molecule has 0 radical (unpaired) electrons. The van der Waals surface area contributed by atoms with Gasteiger partial charge in [0, 0.05) is 15.7 Å². The molecular formula is C20H21N3O4S. The molecule has 3 rings (SSSR count). The van der Waals surface area contributed by atoms with Gasteiger partial charge in [0.25, 0.3) is 0 Å². The summed E-state index contributed by atoms with van der Waals surface area (Å²) in [5.74, 6) is -1.01. The van der Waals surface area contributed by atoms with Crippen molar-refractivity contribution < 1.29 is 19.1 Å². The van der Waals surface area contributed by atoms with Crippen molar-refractivity contribution in [3.8, 4) is 0 Å². The van der Waals surface area contributed by atoms with E-state index in [0.29, 0.717) is 16.8 Å². The number of ketones is 1. The topological polar surface area (TPSA) is 101 Å². The van der Waals surface area contributed by atoms with Crippen LogP contribution < -0.4 is 5.32 Å². The van der Waals surface area contributed by atoms with Crippen molar-refractivity contribution in [3.05, 3.63) is 51.8 Å². The molecule has 1 aromatic carbocycles. The molecule has 0 saturated heterocycles. The van der Waals surface area contributed by atoms with Gasteiger partial charge in [0.1, 0.15) is 0 Å². The number of hydrogen-bond donors (Lipinski definition) is 2. The summed E-state index contributed by atoms with van der Waals surface area (Å²) in [5.41, 5.74) is 0.404. The number of benzene rings is 1. The van der Waals surface area contributed by atoms with Crippen LogP contribution in [0.25, 0.3) is 10.9 Å². The number of esters is 1. The molecule has 0 aliphatic heterocycles. The van der Waals surface area contributed by atoms with Crippen LogP contribution >= 0.6 is 11.3 Å². The minimum atomic E-state index is -0.653. The van der Waals surface area contributed by atoms with Crippen LogP contribution in [0.1, 0.15) is 45.8 Å². The smallest absolute Gasteiger partial charge is 0.359 e. The molecule has 0 fully saturated rings. The number of aromatic amines is 1. The Hall–Kier alpha value is -3.00. The fourth-order valence-electron chi connectivity index (χ4n) is 2.44. The number of Topliss-reactive ketones (excluding diaryl/α,β-unsaturated/α-hetero) is 1. The second-order valence-corrected chi connectivity index (χ2v) is 8.48. The fraction of sp³-hybridized carbons (Fsp3) is 0.300. The number of carbonyl (C=O) groups is 3. The van der Waals surface area contributed by atoms with Gasteiger partial charge < -0.3 is 10.1 Å². The quantitative estimate of drug-likeness (QED) is 0.489. The van der Waals surface area contributed by atoms with Crippen molar-refractivity contribution in [2.45, 2.75) is 27.3 Å². The molecule has 0 unspecified atom stereocenters. The van der Waals surface area contributed by atoms with E-state index < -0.39 is 11.4 Å². The summed E-state index contributed by atoms with van der Waals surface area (Å²) < 4.78 is 5.13. The number of para-hydroxylation sites is 1. The van der Waals surface area contributed by atoms with Crippen LogP contribution in [0.15, 0.2) is 36.4 Å². The maximum Gasteiger partial charge on any atom is 0.359 e. The largest absolute Gasteiger partial charge is 0.452 e. The maximum atomic E-state index is 12.3. The van der Waals surface area contributed by atoms with Crippen LogP contribution in [0.5, 0.6) is 0 Å². The van der Waals surface area contributed by atoms with E-state index in [1.807, 2.05) is 26.8 Å². The zero-order valence-electron chi connectivity index (χ0n) is 15.9. The number of amides is 1. The Bertz CT molecular complexity index is 1030. The van der Waals surface area contributed by atoms with Crippen molar-refractivity contribution in [1.29, 1.82) is 0 Å². The van der Waals surface area contributed by atoms with Gasteiger partial charge in [-0.25, -0.2) is 4.79 Å². The van der Waals surface area contributed by atoms with E-state index in [1.165, 1.54) is 11.3 Å². The molecule has 0 saturated carbocycles. The van der Waals surface area contributed by atoms with Gasteiger partial charge >= 0.3 is 5.97 Å². The minimum Gasteiger partial charge on any atom is -0.452 e. The molecule has 3 aromatic rings. The normalized spacial score (nSPS) is 11.4. The number of carbonyl (C=O) groups excluding carboxylic acids is 3. The molecule has 7 nitrogen and oxygen atoms in total. The average molecular weight is 399 g/mol. The Morgan fingerprint density at radius 1 is 1.14 bits per heavy atom. The number of ether oxygens (including phenoxy) is 1. The molecule has 0 aliphatic rings. The number of H-pyrrole nitrogens is 1. The number of nitrogens with zero attached hydrogens (tertiary/aromatic N) is 1. The summed E-state index contributed by atoms with van der Waals surface area (Å²) >= 11 is 1.27. The van der Waals surface area contributed by atoms with Crippen molar-refractivity contribution in [2.75, 3.05) is 6.61 Å². The van der Waals surface area contributed by atoms with Crippen LogP contribution in [-0.4, -0.2) is 34.5 Å². The Labute approximate surface area is 166 Å². The van der Waals surface area contributed by atoms with E-state index in [0.717, 1.165) is 10.4 Å². The van der Waals surface area contributed by atoms with E-state index in [-0.39, 0.29) is 24.0 Å². The maximum absolute atomic E-state index is 12.3. The molecule has 0 spiro atoms. The molecule has 2 heterocycles. The molecule has 1 amide bonds. The summed E-state index contributed by atoms with van der Waals surface area (Å²) in [6, 6.07) is 10.6. The Morgan fingerprint density at radius 3 is 2.64 bits per heavy atom. The molecule has 0 bridgehead atoms. The van der Waals surface area contributed by atoms with Gasteiger partial charge in [0.05, 0.1) is 16.9 Å². The Morgan fingerprint density at radius 2 is 1.89 bits per heavy atom. The van der Waals surface area contributed by atoms with E-state index >= 15 is 0 Å². The lowest BCUT2D eigenvalue weighted by Crippen LogP contribution is -2.34. The first kappa shape index (κ1) is 19.8. The monoisotopic (exact) mass is 399 g/mol. The molecule has 8 heteroatoms. The summed E-state index contributed by atoms with van der Waals surface area (Å²) in [6.07, 6.45) is 0. The van der Waals surface area contributed by atoms with Gasteiger partial charge in [-0.3, -0.25) is 14.7 Å². The lowest BCUT2D eigenvalue weighted by molar-refractivity contribution is -0.128. The van der Waals surface area contributed by atoms with Crippen LogP contribution in [-0.2, 0) is 16.1 Å². The predicted octanol–water partition coefficient (Wildman–Crippen LogP) is 3.33. The number of aromatic nitrogens is 2. The first-order valence-electron chi connectivity index (χ1n) is 8.76. The number of hydrogen-bond acceptors (Lipinski definition) is 6. The summed E-state index contributed by atoms with van der Waals surface area (Å²) in [7, 11) is 0. The molecular weight excluding hydrogens is 378 g/mol. The van der Waals surface area contributed by atoms with Crippen molar-refractivity contribution in [2.24, 2.45) is 5.41 Å². The number of rotatable bonds is 6. The summed E-state index contributed by atoms with van der Waals surface area (Å²) in [5, 5.41) is 10.2. The van der Waals surface area contributed by atoms with E-state index in [4.69, 9.17) is 4.74 Å². The third-order valence-electron chi connectivity index (χ3n) is 4.04. The third kappa shape index (κ3) is 4.45. The predicted molar refractivity (Wildman–Crippen MR) is 106 cm³/mol. The fourth-order valence-corrected chi connectivity index (χ4v) is 3.32. The Kier molecular flexibility index (Phi) is 5.60. The standard InChI is InChI=1S/C20H21N3O4S/c1-20(2,3)19(26)21-10-12-8-9-16(28-12)15(24)11-27-18(25)17-13-6-4-5-7-14(13)22-23-17/h4-9H,10-11H2,1-3H3,(H,21,26)(H,22,23). The van der Waals surface area contributed by atoms with Gasteiger partial charge in [-0.1, -0.05) is 39.0 Å². The van der Waals surface area contributed by atoms with Gasteiger partial charge in [-0.15, -0.1) is 11.3 Å². The number of fused-ring (bicyclic) bond motifs is 1. The first-order chi connectivity index (χ1) is 13.3. The highest BCUT2D eigenvalue weighted by Gasteiger charge is 2.21. The highest BCUT2D eigenvalue weighted by molar-refractivity contribution is 7.14. The zero-order valence-corrected chi connectivity index (χ0v) is 16.7. The lowest BCUT2D eigenvalue weighted by atomic mass is 9.96. The first-order valence-corrected chi connectivity index (χ1v) is 9.58. The average Bonchev–Trinajstić information content (AvgIpc) is 3.30. The second kappa shape index (κ2) is 7.93. The zero-order chi connectivity index (χ0) is 20.3. The van der Waals surface area contributed by atoms with Crippen LogP contribution in [0.2, 0.25) is 0 Å². The molecule has 0 aliphatic carbocycles. The van der Waals surface area contributed by atoms with E-state index in [2.05, 4.69) is 15.5 Å². The van der Waals surface area contributed by atoms with Crippen molar-refractivity contribution >= 4 is 39.9 Å². The van der Waals surface area contributed by atoms with Gasteiger partial charge in [-0.05, 0) is 18.2 Å². The number of nitrogens with one attached hydrogen (secondary N) is 2. The number of thiophene rings is 1. The summed E-state index contributed by atoms with van der Waals surface area (Å²) in [4.78, 5) is 37.8. The van der Waals surface area contributed by atoms with E-state index in [1.54, 1.807) is 30.3 Å². The second-order valence-electron chi connectivity index (χ2n) is 7.32. The molecule has 2 aromatic heterocycles. The van der Waals surface area contributed by atoms with Crippen LogP contribution in [0, 0.1) is 5.41 Å². The lowest BCUT2D eigenvalue weighted by Gasteiger charge is -2.17. The van der Waals surface area contributed by atoms with Crippen LogP contribution in [0.4, 0.5) is 0 Å². The molecule has 28 heavy (non-hydrogen) atoms. The van der Waals surface area contributed by atoms with Gasteiger partial charge in [0.2, 0.25) is 11.7 Å². The third-order valence-corrected chi connectivity index (χ3v) is 5.17. The molecule has 146 valence electrons. The van der Waals surface area contributed by atoms with Gasteiger partial charge in [-0.2, -0.15) is 5.10 Å². The molecule has 0 atom stereocenters. The minimum absolute atomic E-state index is 0.0612. The van der Waals surface area contributed by atoms with Crippen LogP contribution in [0.3, 0.4) is 0 Å². The Balaban J connectivity index is 1.56.